The minimum absolute atomic E-state index is 0.393. The average Bonchev–Trinajstić information content (AvgIpc) is 2.16. The van der Waals surface area contributed by atoms with Gasteiger partial charge in [0.1, 0.15) is 5.82 Å². The van der Waals surface area contributed by atoms with Crippen molar-refractivity contribution in [3.05, 3.63) is 29.6 Å². The highest BCUT2D eigenvalue weighted by molar-refractivity contribution is 6.36. The number of nitrogens with one attached hydrogen (secondary N) is 1. The van der Waals surface area contributed by atoms with E-state index in [4.69, 9.17) is 10.2 Å². The van der Waals surface area contributed by atoms with Gasteiger partial charge in [0.05, 0.1) is 11.3 Å². The molecule has 16 heavy (non-hydrogen) atoms. The predicted octanol–water partition coefficient (Wildman–Crippen LogP) is 0.547. The van der Waals surface area contributed by atoms with E-state index in [1.54, 1.807) is 5.32 Å². The summed E-state index contributed by atoms with van der Waals surface area (Å²) in [5.41, 5.74) is -0.795. The molecule has 3 N–H and O–H groups in total. The van der Waals surface area contributed by atoms with Crippen molar-refractivity contribution >= 4 is 23.5 Å². The lowest BCUT2D eigenvalue weighted by Gasteiger charge is -2.05. The third-order valence-corrected chi connectivity index (χ3v) is 1.65. The number of rotatable bonds is 2. The van der Waals surface area contributed by atoms with Gasteiger partial charge in [-0.15, -0.1) is 0 Å². The first-order valence-corrected chi connectivity index (χ1v) is 3.99. The molecule has 0 atom stereocenters. The predicted molar refractivity (Wildman–Crippen MR) is 49.6 cm³/mol. The van der Waals surface area contributed by atoms with E-state index >= 15 is 0 Å². The Morgan fingerprint density at radius 1 is 1.19 bits per heavy atom. The molecule has 0 radical (unpaired) electrons. The van der Waals surface area contributed by atoms with E-state index in [0.717, 1.165) is 18.2 Å². The largest absolute Gasteiger partial charge is 0.478 e. The van der Waals surface area contributed by atoms with Gasteiger partial charge in [-0.25, -0.2) is 14.0 Å². The van der Waals surface area contributed by atoms with Gasteiger partial charge in [0.15, 0.2) is 0 Å². The van der Waals surface area contributed by atoms with Crippen LogP contribution in [0.2, 0.25) is 0 Å². The number of aromatic carboxylic acids is 1. The highest BCUT2D eigenvalue weighted by atomic mass is 19.1. The summed E-state index contributed by atoms with van der Waals surface area (Å²) in [4.78, 5) is 31.7. The monoisotopic (exact) mass is 227 g/mol. The third-order valence-electron chi connectivity index (χ3n) is 1.65. The summed E-state index contributed by atoms with van der Waals surface area (Å²) in [7, 11) is 0. The molecule has 7 heteroatoms. The first-order valence-electron chi connectivity index (χ1n) is 3.99. The normalized spacial score (nSPS) is 9.56. The number of halogens is 1. The number of hydrogen-bond donors (Lipinski definition) is 3. The van der Waals surface area contributed by atoms with Gasteiger partial charge < -0.3 is 15.5 Å². The van der Waals surface area contributed by atoms with Crippen LogP contribution in [0.3, 0.4) is 0 Å². The fourth-order valence-corrected chi connectivity index (χ4v) is 0.982. The second-order valence-corrected chi connectivity index (χ2v) is 2.75. The zero-order valence-corrected chi connectivity index (χ0v) is 7.73. The summed E-state index contributed by atoms with van der Waals surface area (Å²) in [5, 5.41) is 18.7. The Morgan fingerprint density at radius 3 is 2.31 bits per heavy atom. The van der Waals surface area contributed by atoms with E-state index in [0.29, 0.717) is 0 Å². The van der Waals surface area contributed by atoms with Crippen molar-refractivity contribution in [2.24, 2.45) is 0 Å². The van der Waals surface area contributed by atoms with E-state index in [-0.39, 0.29) is 0 Å². The molecule has 0 bridgehead atoms. The Hall–Kier alpha value is -2.44. The zero-order valence-electron chi connectivity index (χ0n) is 7.73. The van der Waals surface area contributed by atoms with E-state index < -0.39 is 34.9 Å². The maximum Gasteiger partial charge on any atom is 0.394 e. The lowest BCUT2D eigenvalue weighted by Crippen LogP contribution is -2.23. The maximum atomic E-state index is 12.8. The molecule has 0 fully saturated rings. The summed E-state index contributed by atoms with van der Waals surface area (Å²) >= 11 is 0. The molecule has 1 rings (SSSR count). The maximum absolute atomic E-state index is 12.8. The Kier molecular flexibility index (Phi) is 3.19. The van der Waals surface area contributed by atoms with Crippen LogP contribution in [0.25, 0.3) is 0 Å². The number of anilines is 1. The summed E-state index contributed by atoms with van der Waals surface area (Å²) in [6.45, 7) is 0. The van der Waals surface area contributed by atoms with E-state index in [9.17, 15) is 18.8 Å². The van der Waals surface area contributed by atoms with E-state index in [2.05, 4.69) is 0 Å². The number of carbonyl (C=O) groups excluding carboxylic acids is 1. The molecule has 0 heterocycles. The first-order chi connectivity index (χ1) is 7.41. The van der Waals surface area contributed by atoms with Gasteiger partial charge in [-0.05, 0) is 18.2 Å². The Labute approximate surface area is 88.3 Å². The number of hydrogen-bond acceptors (Lipinski definition) is 3. The van der Waals surface area contributed by atoms with Gasteiger partial charge in [0.2, 0.25) is 0 Å². The van der Waals surface area contributed by atoms with Crippen molar-refractivity contribution in [1.82, 2.24) is 0 Å². The van der Waals surface area contributed by atoms with Gasteiger partial charge in [-0.2, -0.15) is 0 Å². The molecule has 0 aliphatic rings. The second-order valence-electron chi connectivity index (χ2n) is 2.75. The molecular weight excluding hydrogens is 221 g/mol. The Bertz CT molecular complexity index is 471. The number of carboxylic acid groups (broad SMARTS) is 2. The molecule has 0 aliphatic carbocycles. The van der Waals surface area contributed by atoms with E-state index in [1.807, 2.05) is 0 Å². The number of carboxylic acids is 2. The van der Waals surface area contributed by atoms with Crippen molar-refractivity contribution in [1.29, 1.82) is 0 Å². The fourth-order valence-electron chi connectivity index (χ4n) is 0.982. The highest BCUT2D eigenvalue weighted by Gasteiger charge is 2.17. The number of benzene rings is 1. The van der Waals surface area contributed by atoms with Crippen LogP contribution in [0.1, 0.15) is 10.4 Å². The fraction of sp³-hybridized carbons (Fsp3) is 0. The molecule has 0 spiro atoms. The lowest BCUT2D eigenvalue weighted by molar-refractivity contribution is -0.147. The summed E-state index contributed by atoms with van der Waals surface area (Å²) in [6.07, 6.45) is 0. The molecule has 84 valence electrons. The number of carbonyl (C=O) groups is 3. The van der Waals surface area contributed by atoms with Gasteiger partial charge in [-0.1, -0.05) is 0 Å². The standard InChI is InChI=1S/C9H6FNO5/c10-4-1-2-5(8(13)14)6(3-4)11-7(12)9(15)16/h1-3H,(H,11,12)(H,13,14)(H,15,16). The lowest BCUT2D eigenvalue weighted by atomic mass is 10.1. The summed E-state index contributed by atoms with van der Waals surface area (Å²) < 4.78 is 12.8. The molecule has 0 saturated heterocycles. The van der Waals surface area contributed by atoms with Gasteiger partial charge in [-0.3, -0.25) is 4.79 Å². The Balaban J connectivity index is 3.10. The highest BCUT2D eigenvalue weighted by Crippen LogP contribution is 2.17. The molecule has 6 nitrogen and oxygen atoms in total. The summed E-state index contributed by atoms with van der Waals surface area (Å²) in [6, 6.07) is 2.54. The molecular formula is C9H6FNO5. The molecule has 1 amide bonds. The smallest absolute Gasteiger partial charge is 0.394 e. The topological polar surface area (TPSA) is 104 Å². The SMILES string of the molecule is O=C(O)C(=O)Nc1cc(F)ccc1C(=O)O. The van der Waals surface area contributed by atoms with Crippen LogP contribution in [-0.2, 0) is 9.59 Å². The van der Waals surface area contributed by atoms with Crippen molar-refractivity contribution < 1.29 is 29.0 Å². The van der Waals surface area contributed by atoms with Crippen molar-refractivity contribution in [2.75, 3.05) is 5.32 Å². The van der Waals surface area contributed by atoms with Crippen LogP contribution < -0.4 is 5.32 Å². The minimum atomic E-state index is -1.79. The molecule has 0 aromatic heterocycles. The van der Waals surface area contributed by atoms with Crippen LogP contribution in [0.4, 0.5) is 10.1 Å². The second kappa shape index (κ2) is 4.39. The molecule has 0 unspecified atom stereocenters. The molecule has 1 aromatic carbocycles. The van der Waals surface area contributed by atoms with Crippen LogP contribution in [0.15, 0.2) is 18.2 Å². The third kappa shape index (κ3) is 2.53. The first kappa shape index (κ1) is 11.6. The van der Waals surface area contributed by atoms with Crippen LogP contribution in [-0.4, -0.2) is 28.1 Å². The minimum Gasteiger partial charge on any atom is -0.478 e. The van der Waals surface area contributed by atoms with Gasteiger partial charge >= 0.3 is 17.8 Å². The molecule has 0 aliphatic heterocycles. The van der Waals surface area contributed by atoms with Crippen molar-refractivity contribution in [3.63, 3.8) is 0 Å². The van der Waals surface area contributed by atoms with Crippen molar-refractivity contribution in [2.45, 2.75) is 0 Å². The van der Waals surface area contributed by atoms with Gasteiger partial charge in [0.25, 0.3) is 0 Å². The zero-order chi connectivity index (χ0) is 12.3. The van der Waals surface area contributed by atoms with Gasteiger partial charge in [0, 0.05) is 0 Å². The number of aliphatic carboxylic acids is 1. The molecule has 1 aromatic rings. The summed E-state index contributed by atoms with van der Waals surface area (Å²) in [5.74, 6) is -5.42. The average molecular weight is 227 g/mol. The molecule has 0 saturated carbocycles. The quantitative estimate of drug-likeness (QED) is 0.640. The van der Waals surface area contributed by atoms with Crippen LogP contribution in [0.5, 0.6) is 0 Å². The van der Waals surface area contributed by atoms with Crippen molar-refractivity contribution in [3.8, 4) is 0 Å². The van der Waals surface area contributed by atoms with Crippen LogP contribution >= 0.6 is 0 Å². The van der Waals surface area contributed by atoms with Crippen LogP contribution in [0, 0.1) is 5.82 Å². The Morgan fingerprint density at radius 2 is 1.81 bits per heavy atom. The van der Waals surface area contributed by atoms with E-state index in [1.165, 1.54) is 0 Å². The number of amides is 1.